The number of rotatable bonds is 2. The molecule has 0 aliphatic carbocycles. The van der Waals surface area contributed by atoms with Gasteiger partial charge in [0, 0.05) is 44.3 Å². The maximum absolute atomic E-state index is 5.90. The van der Waals surface area contributed by atoms with Crippen molar-refractivity contribution in [2.45, 2.75) is 0 Å². The number of hydrogen-bond acceptors (Lipinski definition) is 4. The third-order valence-electron chi connectivity index (χ3n) is 4.84. The minimum atomic E-state index is 0. The Morgan fingerprint density at radius 1 is 0.636 bits per heavy atom. The smallest absolute Gasteiger partial charge is 0.139 e. The van der Waals surface area contributed by atoms with Crippen LogP contribution in [0, 0.1) is 13.5 Å². The van der Waals surface area contributed by atoms with E-state index in [1.165, 1.54) is 0 Å². The van der Waals surface area contributed by atoms with Crippen LogP contribution in [0.3, 0.4) is 0 Å². The van der Waals surface area contributed by atoms with Crippen molar-refractivity contribution >= 4 is 22.1 Å². The third-order valence-corrected chi connectivity index (χ3v) is 4.84. The molecule has 2 aromatic carbocycles. The largest absolute Gasteiger partial charge is 0.499 e. The summed E-state index contributed by atoms with van der Waals surface area (Å²) in [6, 6.07) is 32.7. The van der Waals surface area contributed by atoms with E-state index in [9.17, 15) is 0 Å². The van der Waals surface area contributed by atoms with Gasteiger partial charge in [0.25, 0.3) is 0 Å². The minimum absolute atomic E-state index is 0. The van der Waals surface area contributed by atoms with Gasteiger partial charge in [-0.25, -0.2) is 0 Å². The fraction of sp³-hybridized carbons (Fsp3) is 0. The van der Waals surface area contributed by atoms with Crippen LogP contribution in [0.5, 0.6) is 0 Å². The Morgan fingerprint density at radius 2 is 1.30 bits per heavy atom. The zero-order valence-corrected chi connectivity index (χ0v) is 20.4. The summed E-state index contributed by atoms with van der Waals surface area (Å²) >= 11 is 0. The van der Waals surface area contributed by atoms with E-state index >= 15 is 0 Å². The normalized spacial score (nSPS) is 9.94. The number of benzene rings is 2. The van der Waals surface area contributed by atoms with Crippen LogP contribution in [0.4, 0.5) is 0 Å². The van der Waals surface area contributed by atoms with E-state index in [1.807, 2.05) is 85.1 Å². The maximum atomic E-state index is 5.90. The Morgan fingerprint density at radius 3 is 2.00 bits per heavy atom. The predicted molar refractivity (Wildman–Crippen MR) is 130 cm³/mol. The molecule has 1 radical (unpaired) electrons. The van der Waals surface area contributed by atoms with E-state index in [-0.39, 0.29) is 27.5 Å². The summed E-state index contributed by atoms with van der Waals surface area (Å²) in [4.78, 5) is 13.0. The van der Waals surface area contributed by atoms with Gasteiger partial charge in [0.1, 0.15) is 5.58 Å². The average Bonchev–Trinajstić information content (AvgIpc) is 3.25. The van der Waals surface area contributed by atoms with Crippen molar-refractivity contribution in [3.05, 3.63) is 123 Å². The summed E-state index contributed by atoms with van der Waals surface area (Å²) < 4.78 is 5.90. The van der Waals surface area contributed by atoms with Gasteiger partial charge in [-0.15, -0.1) is 18.2 Å². The first-order valence-corrected chi connectivity index (χ1v) is 9.96. The Hall–Kier alpha value is -3.66. The second-order valence-corrected chi connectivity index (χ2v) is 6.84. The van der Waals surface area contributed by atoms with Crippen molar-refractivity contribution in [2.24, 2.45) is 0 Å². The van der Waals surface area contributed by atoms with Crippen molar-refractivity contribution in [3.63, 3.8) is 0 Å². The van der Waals surface area contributed by atoms with Crippen LogP contribution in [0.1, 0.15) is 0 Å². The summed E-state index contributed by atoms with van der Waals surface area (Å²) in [5.41, 5.74) is 6.37. The number of nitrogens with zero attached hydrogens (tertiary/aromatic N) is 3. The second kappa shape index (κ2) is 11.3. The summed E-state index contributed by atoms with van der Waals surface area (Å²) in [5, 5.41) is 0.995. The van der Waals surface area contributed by atoms with E-state index in [4.69, 9.17) is 4.42 Å². The van der Waals surface area contributed by atoms with Crippen molar-refractivity contribution in [1.29, 1.82) is 0 Å². The Kier molecular flexibility index (Phi) is 8.20. The van der Waals surface area contributed by atoms with Crippen molar-refractivity contribution in [1.82, 2.24) is 15.0 Å². The Labute approximate surface area is 206 Å². The molecular weight excluding hydrogens is 587 g/mol. The van der Waals surface area contributed by atoms with Crippen LogP contribution in [0.15, 0.2) is 114 Å². The average molecular weight is 608 g/mol. The molecule has 4 heterocycles. The molecule has 165 valence electrons. The summed E-state index contributed by atoms with van der Waals surface area (Å²) in [6.45, 7) is 0. The molecule has 0 unspecified atom stereocenters. The first kappa shape index (κ1) is 24.0. The minimum Gasteiger partial charge on any atom is -0.499 e. The molecule has 0 fully saturated rings. The van der Waals surface area contributed by atoms with Gasteiger partial charge < -0.3 is 16.8 Å². The number of aromatic nitrogens is 3. The van der Waals surface area contributed by atoms with Crippen molar-refractivity contribution in [3.8, 4) is 22.5 Å². The molecule has 0 bridgehead atoms. The van der Waals surface area contributed by atoms with E-state index in [0.717, 1.165) is 44.6 Å². The Bertz CT molecular complexity index is 1380. The first-order valence-electron chi connectivity index (χ1n) is 9.96. The number of hydrogen-bond donors (Lipinski definition) is 0. The van der Waals surface area contributed by atoms with Gasteiger partial charge in [-0.2, -0.15) is 0 Å². The quantitative estimate of drug-likeness (QED) is 0.198. The summed E-state index contributed by atoms with van der Waals surface area (Å²) in [5.74, 6) is 0. The van der Waals surface area contributed by atoms with Crippen LogP contribution in [0.25, 0.3) is 44.6 Å². The van der Waals surface area contributed by atoms with Gasteiger partial charge in [0.2, 0.25) is 0 Å². The van der Waals surface area contributed by atoms with E-state index in [0.29, 0.717) is 0 Å². The molecule has 33 heavy (non-hydrogen) atoms. The van der Waals surface area contributed by atoms with Crippen molar-refractivity contribution in [2.75, 3.05) is 0 Å². The molecule has 6 aromatic rings. The molecule has 4 aromatic heterocycles. The van der Waals surface area contributed by atoms with E-state index < -0.39 is 0 Å². The van der Waals surface area contributed by atoms with Gasteiger partial charge in [-0.3, -0.25) is 9.97 Å². The van der Waals surface area contributed by atoms with Crippen LogP contribution in [-0.2, 0) is 20.1 Å². The van der Waals surface area contributed by atoms with Crippen molar-refractivity contribution < 1.29 is 24.5 Å². The fourth-order valence-electron chi connectivity index (χ4n) is 3.41. The molecule has 0 amide bonds. The molecular formula is C28H21IrN3O-2. The van der Waals surface area contributed by atoms with Gasteiger partial charge in [-0.1, -0.05) is 54.1 Å². The molecule has 0 aliphatic heterocycles. The number of pyridine rings is 3. The molecule has 0 atom stereocenters. The number of fused-ring (bicyclic) bond motifs is 3. The molecule has 0 spiro atoms. The number of furan rings is 1. The molecule has 0 saturated carbocycles. The molecule has 5 heteroatoms. The van der Waals surface area contributed by atoms with Gasteiger partial charge in [0.05, 0.1) is 16.8 Å². The molecule has 4 nitrogen and oxygen atoms in total. The summed E-state index contributed by atoms with van der Waals surface area (Å²) in [7, 11) is 0. The van der Waals surface area contributed by atoms with Gasteiger partial charge >= 0.3 is 0 Å². The first-order chi connectivity index (χ1) is 15.4. The van der Waals surface area contributed by atoms with Crippen LogP contribution >= 0.6 is 0 Å². The molecule has 6 rings (SSSR count). The topological polar surface area (TPSA) is 51.8 Å². The van der Waals surface area contributed by atoms with Gasteiger partial charge in [0.15, 0.2) is 0 Å². The SMILES string of the molecule is [CH3-].[Ir].[c-]1ccc2c(oc3cccnc32)c1-c1ccccn1.c1ccc(-c2ccccn2)cc1. The molecule has 0 saturated heterocycles. The predicted octanol–water partition coefficient (Wildman–Crippen LogP) is 7.04. The summed E-state index contributed by atoms with van der Waals surface area (Å²) in [6.07, 6.45) is 5.35. The monoisotopic (exact) mass is 608 g/mol. The van der Waals surface area contributed by atoms with Crippen LogP contribution in [0.2, 0.25) is 0 Å². The zero-order valence-electron chi connectivity index (χ0n) is 18.0. The third kappa shape index (κ3) is 5.23. The molecule has 0 N–H and O–H groups in total. The van der Waals surface area contributed by atoms with Crippen LogP contribution < -0.4 is 0 Å². The second-order valence-electron chi connectivity index (χ2n) is 6.84. The van der Waals surface area contributed by atoms with Gasteiger partial charge in [-0.05, 0) is 41.4 Å². The zero-order chi connectivity index (χ0) is 20.9. The fourth-order valence-corrected chi connectivity index (χ4v) is 3.41. The molecule has 0 aliphatic rings. The van der Waals surface area contributed by atoms with E-state index in [1.54, 1.807) is 12.4 Å². The Balaban J connectivity index is 0.000000192. The van der Waals surface area contributed by atoms with Crippen LogP contribution in [-0.4, -0.2) is 15.0 Å². The standard InChI is InChI=1S/C16H9N2O.C11H9N.CH3.Ir/c1-2-9-17-13(7-1)11-5-3-6-12-15-14(19-16(11)12)8-4-10-18-15;1-2-6-10(7-3-1)11-8-4-5-9-12-11;;/h1-4,6-10H;1-9H;1H3;/q-1;;-1;. The maximum Gasteiger partial charge on any atom is 0.139 e. The van der Waals surface area contributed by atoms with E-state index in [2.05, 4.69) is 33.2 Å².